The van der Waals surface area contributed by atoms with E-state index in [1.54, 1.807) is 19.0 Å². The summed E-state index contributed by atoms with van der Waals surface area (Å²) in [7, 11) is 3.55. The van der Waals surface area contributed by atoms with Crippen LogP contribution in [0.5, 0.6) is 0 Å². The van der Waals surface area contributed by atoms with Gasteiger partial charge in [0, 0.05) is 13.1 Å². The molecule has 0 atom stereocenters. The van der Waals surface area contributed by atoms with Gasteiger partial charge in [0.1, 0.15) is 0 Å². The number of alkyl halides is 3. The number of Topliss-reactive ketones (excluding diaryl/α,β-unsaturated/α-hetero) is 1. The number of ketones is 1. The fourth-order valence-electron chi connectivity index (χ4n) is 2.10. The maximum Gasteiger partial charge on any atom is 0.417 e. The second kappa shape index (κ2) is 4.90. The summed E-state index contributed by atoms with van der Waals surface area (Å²) in [4.78, 5) is 26.5. The molecule has 0 radical (unpaired) electrons. The monoisotopic (exact) mass is 286 g/mol. The summed E-state index contributed by atoms with van der Waals surface area (Å²) >= 11 is 0. The number of carbonyl (C=O) groups is 2. The molecule has 1 aromatic rings. The number of benzene rings is 1. The van der Waals surface area contributed by atoms with Gasteiger partial charge in [-0.05, 0) is 26.2 Å². The quantitative estimate of drug-likeness (QED) is 0.796. The first-order chi connectivity index (χ1) is 9.23. The number of nitrogens with zero attached hydrogens (tertiary/aromatic N) is 2. The molecule has 1 aliphatic rings. The van der Waals surface area contributed by atoms with E-state index in [2.05, 4.69) is 0 Å². The lowest BCUT2D eigenvalue weighted by Gasteiger charge is -2.19. The summed E-state index contributed by atoms with van der Waals surface area (Å²) in [5.74, 6) is -2.00. The predicted molar refractivity (Wildman–Crippen MR) is 66.7 cm³/mol. The standard InChI is InChI=1S/C13H13F3N2O2/c1-17(2)6-7-18-9-5-3-4-8(13(14,15)16)10(9)11(19)12(18)20/h3-5H,6-7H2,1-2H3. The Morgan fingerprint density at radius 1 is 1.20 bits per heavy atom. The number of fused-ring (bicyclic) bond motifs is 1. The van der Waals surface area contributed by atoms with E-state index in [1.165, 1.54) is 12.1 Å². The summed E-state index contributed by atoms with van der Waals surface area (Å²) in [5.41, 5.74) is -1.55. The highest BCUT2D eigenvalue weighted by molar-refractivity contribution is 6.52. The first kappa shape index (κ1) is 14.5. The highest BCUT2D eigenvalue weighted by Gasteiger charge is 2.44. The van der Waals surface area contributed by atoms with Crippen molar-refractivity contribution in [3.05, 3.63) is 29.3 Å². The van der Waals surface area contributed by atoms with Crippen LogP contribution in [0, 0.1) is 0 Å². The van der Waals surface area contributed by atoms with E-state index in [0.717, 1.165) is 11.0 Å². The van der Waals surface area contributed by atoms with Gasteiger partial charge in [-0.3, -0.25) is 9.59 Å². The maximum atomic E-state index is 12.9. The average Bonchev–Trinajstić information content (AvgIpc) is 2.59. The molecule has 4 nitrogen and oxygen atoms in total. The number of hydrogen-bond acceptors (Lipinski definition) is 3. The van der Waals surface area contributed by atoms with Crippen LogP contribution in [-0.4, -0.2) is 43.8 Å². The van der Waals surface area contributed by atoms with Crippen molar-refractivity contribution in [1.29, 1.82) is 0 Å². The summed E-state index contributed by atoms with van der Waals surface area (Å²) in [6.45, 7) is 0.626. The third kappa shape index (κ3) is 2.40. The van der Waals surface area contributed by atoms with Gasteiger partial charge in [0.25, 0.3) is 11.7 Å². The molecule has 0 unspecified atom stereocenters. The van der Waals surface area contributed by atoms with Crippen molar-refractivity contribution in [3.8, 4) is 0 Å². The second-order valence-electron chi connectivity index (χ2n) is 4.79. The highest BCUT2D eigenvalue weighted by Crippen LogP contribution is 2.39. The van der Waals surface area contributed by atoms with E-state index in [4.69, 9.17) is 0 Å². The van der Waals surface area contributed by atoms with Crippen LogP contribution in [0.15, 0.2) is 18.2 Å². The second-order valence-corrected chi connectivity index (χ2v) is 4.79. The van der Waals surface area contributed by atoms with Gasteiger partial charge in [0.05, 0.1) is 16.8 Å². The molecule has 1 aliphatic heterocycles. The van der Waals surface area contributed by atoms with E-state index in [9.17, 15) is 22.8 Å². The number of hydrogen-bond donors (Lipinski definition) is 0. The number of carbonyl (C=O) groups excluding carboxylic acids is 2. The van der Waals surface area contributed by atoms with Crippen LogP contribution in [0.2, 0.25) is 0 Å². The van der Waals surface area contributed by atoms with Gasteiger partial charge in [-0.25, -0.2) is 0 Å². The Balaban J connectivity index is 2.47. The molecule has 2 rings (SSSR count). The zero-order valence-corrected chi connectivity index (χ0v) is 11.0. The Kier molecular flexibility index (Phi) is 3.56. The molecule has 0 aromatic heterocycles. The minimum Gasteiger partial charge on any atom is -0.308 e. The lowest BCUT2D eigenvalue weighted by atomic mass is 10.0. The fourth-order valence-corrected chi connectivity index (χ4v) is 2.10. The third-order valence-electron chi connectivity index (χ3n) is 3.08. The Hall–Kier alpha value is -1.89. The van der Waals surface area contributed by atoms with Crippen LogP contribution in [0.4, 0.5) is 18.9 Å². The SMILES string of the molecule is CN(C)CCN1C(=O)C(=O)c2c1cccc2C(F)(F)F. The van der Waals surface area contributed by atoms with Gasteiger partial charge in [0.2, 0.25) is 0 Å². The molecule has 1 aromatic carbocycles. The molecule has 1 amide bonds. The summed E-state index contributed by atoms with van der Waals surface area (Å²) < 4.78 is 38.7. The van der Waals surface area contributed by atoms with Gasteiger partial charge in [-0.1, -0.05) is 6.07 Å². The van der Waals surface area contributed by atoms with Gasteiger partial charge in [0.15, 0.2) is 0 Å². The smallest absolute Gasteiger partial charge is 0.308 e. The molecule has 0 saturated carbocycles. The summed E-state index contributed by atoms with van der Waals surface area (Å²) in [5, 5.41) is 0. The van der Waals surface area contributed by atoms with E-state index >= 15 is 0 Å². The largest absolute Gasteiger partial charge is 0.417 e. The Morgan fingerprint density at radius 2 is 1.85 bits per heavy atom. The summed E-state index contributed by atoms with van der Waals surface area (Å²) in [6, 6.07) is 3.39. The number of halogens is 3. The van der Waals surface area contributed by atoms with E-state index in [-0.39, 0.29) is 12.2 Å². The number of likely N-dealkylation sites (N-methyl/N-ethyl adjacent to an activating group) is 1. The lowest BCUT2D eigenvalue weighted by Crippen LogP contribution is -2.35. The van der Waals surface area contributed by atoms with Gasteiger partial charge >= 0.3 is 6.18 Å². The van der Waals surface area contributed by atoms with Crippen molar-refractivity contribution < 1.29 is 22.8 Å². The molecule has 0 bridgehead atoms. The Bertz CT molecular complexity index is 567. The normalized spacial score (nSPS) is 15.2. The number of anilines is 1. The average molecular weight is 286 g/mol. The molecule has 0 saturated heterocycles. The summed E-state index contributed by atoms with van der Waals surface area (Å²) in [6.07, 6.45) is -4.65. The topological polar surface area (TPSA) is 40.6 Å². The molecule has 108 valence electrons. The lowest BCUT2D eigenvalue weighted by molar-refractivity contribution is -0.137. The minimum absolute atomic E-state index is 0.0386. The van der Waals surface area contributed by atoms with Crippen LogP contribution in [0.3, 0.4) is 0 Å². The molecule has 0 aliphatic carbocycles. The molecule has 0 N–H and O–H groups in total. The van der Waals surface area contributed by atoms with Crippen molar-refractivity contribution in [2.45, 2.75) is 6.18 Å². The van der Waals surface area contributed by atoms with Crippen molar-refractivity contribution in [2.24, 2.45) is 0 Å². The van der Waals surface area contributed by atoms with Crippen LogP contribution in [-0.2, 0) is 11.0 Å². The highest BCUT2D eigenvalue weighted by atomic mass is 19.4. The van der Waals surface area contributed by atoms with E-state index in [1.807, 2.05) is 0 Å². The van der Waals surface area contributed by atoms with E-state index < -0.39 is 29.0 Å². The van der Waals surface area contributed by atoms with Gasteiger partial charge < -0.3 is 9.80 Å². The first-order valence-corrected chi connectivity index (χ1v) is 5.94. The van der Waals surface area contributed by atoms with Crippen molar-refractivity contribution >= 4 is 17.4 Å². The predicted octanol–water partition coefficient (Wildman–Crippen LogP) is 1.80. The third-order valence-corrected chi connectivity index (χ3v) is 3.08. The van der Waals surface area contributed by atoms with Gasteiger partial charge in [-0.2, -0.15) is 13.2 Å². The Morgan fingerprint density at radius 3 is 2.40 bits per heavy atom. The van der Waals surface area contributed by atoms with Crippen LogP contribution in [0.25, 0.3) is 0 Å². The molecule has 1 heterocycles. The molecule has 0 fully saturated rings. The zero-order chi connectivity index (χ0) is 15.1. The first-order valence-electron chi connectivity index (χ1n) is 5.94. The van der Waals surface area contributed by atoms with Crippen molar-refractivity contribution in [2.75, 3.05) is 32.1 Å². The molecular formula is C13H13F3N2O2. The van der Waals surface area contributed by atoms with E-state index in [0.29, 0.717) is 6.54 Å². The maximum absolute atomic E-state index is 12.9. The molecular weight excluding hydrogens is 273 g/mol. The Labute approximate surface area is 113 Å². The minimum atomic E-state index is -4.65. The molecule has 20 heavy (non-hydrogen) atoms. The fraction of sp³-hybridized carbons (Fsp3) is 0.385. The number of rotatable bonds is 3. The molecule has 0 spiro atoms. The zero-order valence-electron chi connectivity index (χ0n) is 11.0. The van der Waals surface area contributed by atoms with Crippen LogP contribution < -0.4 is 4.90 Å². The van der Waals surface area contributed by atoms with Crippen molar-refractivity contribution in [3.63, 3.8) is 0 Å². The van der Waals surface area contributed by atoms with Crippen molar-refractivity contribution in [1.82, 2.24) is 4.90 Å². The van der Waals surface area contributed by atoms with Crippen LogP contribution in [0.1, 0.15) is 15.9 Å². The van der Waals surface area contributed by atoms with Crippen LogP contribution >= 0.6 is 0 Å². The van der Waals surface area contributed by atoms with Gasteiger partial charge in [-0.15, -0.1) is 0 Å². The number of amides is 1. The molecule has 7 heteroatoms.